The van der Waals surface area contributed by atoms with Crippen LogP contribution in [0, 0.1) is 0 Å². The van der Waals surface area contributed by atoms with E-state index in [-0.39, 0.29) is 26.1 Å². The predicted molar refractivity (Wildman–Crippen MR) is 341 cm³/mol. The first-order valence-corrected chi connectivity index (χ1v) is 32.0. The molecule has 0 saturated carbocycles. The van der Waals surface area contributed by atoms with Gasteiger partial charge < -0.3 is 27.9 Å². The average Bonchev–Trinajstić information content (AvgIpc) is 3.42. The van der Waals surface area contributed by atoms with Crippen molar-refractivity contribution in [2.75, 3.05) is 47.5 Å². The first kappa shape index (κ1) is 75.1. The van der Waals surface area contributed by atoms with E-state index in [0.29, 0.717) is 23.9 Å². The van der Waals surface area contributed by atoms with Crippen molar-refractivity contribution in [2.24, 2.45) is 0 Å². The van der Waals surface area contributed by atoms with Crippen LogP contribution in [-0.2, 0) is 32.7 Å². The minimum absolute atomic E-state index is 0.0538. The molecule has 0 aliphatic heterocycles. The van der Waals surface area contributed by atoms with E-state index >= 15 is 0 Å². The Balaban J connectivity index is 4.24. The van der Waals surface area contributed by atoms with E-state index in [1.165, 1.54) is 32.1 Å². The molecule has 0 radical (unpaired) electrons. The number of phosphoric ester groups is 1. The zero-order valence-corrected chi connectivity index (χ0v) is 51.6. The van der Waals surface area contributed by atoms with Gasteiger partial charge in [0, 0.05) is 12.8 Å². The maximum atomic E-state index is 12.8. The zero-order chi connectivity index (χ0) is 58.4. The van der Waals surface area contributed by atoms with Crippen LogP contribution in [0.1, 0.15) is 194 Å². The Morgan fingerprint density at radius 2 is 0.700 bits per heavy atom. The molecule has 0 bridgehead atoms. The van der Waals surface area contributed by atoms with Gasteiger partial charge in [-0.05, 0) is 122 Å². The second-order valence-electron chi connectivity index (χ2n) is 20.6. The Morgan fingerprint density at radius 3 is 1.05 bits per heavy atom. The Kier molecular flexibility index (Phi) is 55.2. The summed E-state index contributed by atoms with van der Waals surface area (Å²) in [5.41, 5.74) is 0. The summed E-state index contributed by atoms with van der Waals surface area (Å²) in [4.78, 5) is 37.8. The van der Waals surface area contributed by atoms with E-state index in [2.05, 4.69) is 184 Å². The fourth-order valence-corrected chi connectivity index (χ4v) is 8.05. The molecule has 0 heterocycles. The standard InChI is InChI=1S/C70H110NO8P/c1-6-8-10-12-14-16-18-20-22-24-26-27-28-29-30-31-32-33-34-35-36-37-38-39-40-41-42-43-45-47-49-51-53-55-57-59-61-63-70(73)79-68(67-78-80(74,75)77-65-64-71(3,4)5)66-76-69(72)62-60-58-56-54-52-50-48-46-44-25-23-21-19-17-15-13-11-9-7-2/h8-11,14-17,20-23,26-27,29-30,32-33,35-36,38-39,41-42,44,46,50,52,56,58,68H,6-7,12-13,18-19,24-25,28,31,34,37,40,43,45,47-49,51,53-55,57,59-67H2,1-5H3/b10-8-,11-9-,16-14-,17-15-,22-20-,23-21-,27-26-,30-29-,33-32-,36-35-,39-38-,42-41-,46-44-,52-50-,58-56-. The molecule has 0 aliphatic carbocycles. The molecule has 0 aliphatic rings. The van der Waals surface area contributed by atoms with Crippen LogP contribution in [0.5, 0.6) is 0 Å². The number of hydrogen-bond donors (Lipinski definition) is 0. The molecule has 0 saturated heterocycles. The van der Waals surface area contributed by atoms with E-state index in [4.69, 9.17) is 18.5 Å². The molecule has 448 valence electrons. The molecular formula is C70H110NO8P. The maximum Gasteiger partial charge on any atom is 0.306 e. The van der Waals surface area contributed by atoms with Crippen LogP contribution in [0.25, 0.3) is 0 Å². The lowest BCUT2D eigenvalue weighted by Crippen LogP contribution is -2.37. The van der Waals surface area contributed by atoms with Gasteiger partial charge in [0.2, 0.25) is 0 Å². The number of ether oxygens (including phenoxy) is 2. The quantitative estimate of drug-likeness (QED) is 0.0195. The van der Waals surface area contributed by atoms with Crippen LogP contribution < -0.4 is 4.89 Å². The summed E-state index contributed by atoms with van der Waals surface area (Å²) in [5, 5.41) is 0. The Bertz CT molecular complexity index is 2000. The summed E-state index contributed by atoms with van der Waals surface area (Å²) in [5.74, 6) is -0.955. The van der Waals surface area contributed by atoms with Gasteiger partial charge in [-0.2, -0.15) is 0 Å². The Labute approximate surface area is 489 Å². The summed E-state index contributed by atoms with van der Waals surface area (Å²) < 4.78 is 34.0. The van der Waals surface area contributed by atoms with Crippen molar-refractivity contribution in [1.82, 2.24) is 0 Å². The first-order chi connectivity index (χ1) is 39.0. The number of unbranched alkanes of at least 4 members (excludes halogenated alkanes) is 9. The summed E-state index contributed by atoms with van der Waals surface area (Å²) >= 11 is 0. The third kappa shape index (κ3) is 62.3. The zero-order valence-electron chi connectivity index (χ0n) is 50.7. The van der Waals surface area contributed by atoms with Gasteiger partial charge in [-0.3, -0.25) is 14.2 Å². The van der Waals surface area contributed by atoms with E-state index in [9.17, 15) is 19.0 Å². The highest BCUT2D eigenvalue weighted by atomic mass is 31.2. The number of quaternary nitrogens is 1. The first-order valence-electron chi connectivity index (χ1n) is 30.5. The molecule has 0 fully saturated rings. The maximum absolute atomic E-state index is 12.8. The molecular weight excluding hydrogens is 1010 g/mol. The minimum atomic E-state index is -4.67. The normalized spacial score (nSPS) is 14.5. The Morgan fingerprint density at radius 1 is 0.388 bits per heavy atom. The van der Waals surface area contributed by atoms with Gasteiger partial charge in [0.1, 0.15) is 19.8 Å². The number of hydrogen-bond acceptors (Lipinski definition) is 8. The second kappa shape index (κ2) is 58.8. The number of rotatable bonds is 53. The molecule has 0 aromatic rings. The Hall–Kier alpha value is -4.89. The van der Waals surface area contributed by atoms with E-state index in [1.54, 1.807) is 0 Å². The lowest BCUT2D eigenvalue weighted by atomic mass is 10.1. The van der Waals surface area contributed by atoms with Crippen LogP contribution in [0.4, 0.5) is 0 Å². The van der Waals surface area contributed by atoms with Gasteiger partial charge in [0.15, 0.2) is 6.10 Å². The van der Waals surface area contributed by atoms with Crippen LogP contribution in [-0.4, -0.2) is 70.0 Å². The van der Waals surface area contributed by atoms with Crippen LogP contribution in [0.15, 0.2) is 182 Å². The van der Waals surface area contributed by atoms with Crippen LogP contribution >= 0.6 is 7.82 Å². The van der Waals surface area contributed by atoms with Gasteiger partial charge in [-0.1, -0.05) is 241 Å². The van der Waals surface area contributed by atoms with Crippen LogP contribution in [0.3, 0.4) is 0 Å². The molecule has 80 heavy (non-hydrogen) atoms. The third-order valence-electron chi connectivity index (χ3n) is 11.9. The highest BCUT2D eigenvalue weighted by molar-refractivity contribution is 7.45. The predicted octanol–water partition coefficient (Wildman–Crippen LogP) is 19.0. The van der Waals surface area contributed by atoms with Crippen molar-refractivity contribution in [1.29, 1.82) is 0 Å². The molecule has 2 atom stereocenters. The lowest BCUT2D eigenvalue weighted by Gasteiger charge is -2.28. The smallest absolute Gasteiger partial charge is 0.306 e. The van der Waals surface area contributed by atoms with Crippen molar-refractivity contribution >= 4 is 19.8 Å². The molecule has 10 heteroatoms. The van der Waals surface area contributed by atoms with Crippen molar-refractivity contribution in [2.45, 2.75) is 200 Å². The molecule has 0 N–H and O–H groups in total. The number of carbonyl (C=O) groups excluding carboxylic acids is 2. The molecule has 9 nitrogen and oxygen atoms in total. The summed E-state index contributed by atoms with van der Waals surface area (Å²) in [7, 11) is 1.09. The number of esters is 2. The summed E-state index contributed by atoms with van der Waals surface area (Å²) in [6.45, 7) is 3.88. The van der Waals surface area contributed by atoms with Gasteiger partial charge in [0.05, 0.1) is 27.7 Å². The number of likely N-dealkylation sites (N-methyl/N-ethyl adjacent to an activating group) is 1. The fourth-order valence-electron chi connectivity index (χ4n) is 7.32. The fraction of sp³-hybridized carbons (Fsp3) is 0.543. The molecule has 0 aromatic carbocycles. The summed E-state index contributed by atoms with van der Waals surface area (Å²) in [6.07, 6.45) is 91.1. The molecule has 0 rings (SSSR count). The highest BCUT2D eigenvalue weighted by Crippen LogP contribution is 2.38. The minimum Gasteiger partial charge on any atom is -0.756 e. The highest BCUT2D eigenvalue weighted by Gasteiger charge is 2.21. The molecule has 0 spiro atoms. The van der Waals surface area contributed by atoms with Crippen molar-refractivity contribution in [3.05, 3.63) is 182 Å². The SMILES string of the molecule is CC/C=C\C/C=C\C/C=C\C/C=C\C/C=C\C/C=C\C/C=C\C/C=C\C/C=C\CCCCCCCCCCCC(=O)OC(COC(=O)CC/C=C\C/C=C\C/C=C\C/C=C\C/C=C\C/C=C\CC)COP(=O)([O-])OCC[N+](C)(C)C. The second-order valence-corrected chi connectivity index (χ2v) is 22.0. The molecule has 2 unspecified atom stereocenters. The van der Waals surface area contributed by atoms with Gasteiger partial charge >= 0.3 is 11.9 Å². The van der Waals surface area contributed by atoms with Gasteiger partial charge in [-0.15, -0.1) is 0 Å². The van der Waals surface area contributed by atoms with Gasteiger partial charge in [-0.25, -0.2) is 0 Å². The number of phosphoric acid groups is 1. The van der Waals surface area contributed by atoms with E-state index < -0.39 is 32.5 Å². The molecule has 0 amide bonds. The lowest BCUT2D eigenvalue weighted by molar-refractivity contribution is -0.870. The monoisotopic (exact) mass is 1120 g/mol. The van der Waals surface area contributed by atoms with Crippen molar-refractivity contribution in [3.8, 4) is 0 Å². The molecule has 0 aromatic heterocycles. The van der Waals surface area contributed by atoms with E-state index in [1.807, 2.05) is 33.3 Å². The van der Waals surface area contributed by atoms with E-state index in [0.717, 1.165) is 122 Å². The van der Waals surface area contributed by atoms with Crippen LogP contribution in [0.2, 0.25) is 0 Å². The summed E-state index contributed by atoms with van der Waals surface area (Å²) in [6, 6.07) is 0. The third-order valence-corrected chi connectivity index (χ3v) is 12.9. The number of nitrogens with zero attached hydrogens (tertiary/aromatic N) is 1. The van der Waals surface area contributed by atoms with Crippen molar-refractivity contribution in [3.63, 3.8) is 0 Å². The van der Waals surface area contributed by atoms with Crippen molar-refractivity contribution < 1.29 is 42.1 Å². The average molecular weight is 1120 g/mol. The number of carbonyl (C=O) groups is 2. The number of allylic oxidation sites excluding steroid dienone is 30. The topological polar surface area (TPSA) is 111 Å². The largest absolute Gasteiger partial charge is 0.756 e. The van der Waals surface area contributed by atoms with Gasteiger partial charge in [0.25, 0.3) is 7.82 Å².